The minimum absolute atomic E-state index is 1.02. The first-order chi connectivity index (χ1) is 35.5. The summed E-state index contributed by atoms with van der Waals surface area (Å²) in [5, 5.41) is 2.61. The number of thiophene rings is 1. The first kappa shape index (κ1) is 44.3. The van der Waals surface area contributed by atoms with Crippen molar-refractivity contribution in [3.8, 4) is 33.4 Å². The lowest BCUT2D eigenvalue weighted by Gasteiger charge is -2.33. The number of hydrogen-bond acceptors (Lipinski definition) is 4. The zero-order valence-corrected chi connectivity index (χ0v) is 41.0. The molecule has 3 nitrogen and oxygen atoms in total. The molecule has 12 rings (SSSR count). The van der Waals surface area contributed by atoms with Crippen molar-refractivity contribution in [2.45, 2.75) is 13.8 Å². The molecule has 0 aliphatic heterocycles. The molecule has 344 valence electrons. The van der Waals surface area contributed by atoms with Crippen molar-refractivity contribution in [2.75, 3.05) is 14.7 Å². The van der Waals surface area contributed by atoms with Crippen LogP contribution in [0.5, 0.6) is 0 Å². The Bertz CT molecular complexity index is 3660. The number of para-hydroxylation sites is 3. The van der Waals surface area contributed by atoms with Gasteiger partial charge in [0.1, 0.15) is 0 Å². The molecule has 0 N–H and O–H groups in total. The zero-order chi connectivity index (χ0) is 48.4. The van der Waals surface area contributed by atoms with Gasteiger partial charge < -0.3 is 14.7 Å². The first-order valence-corrected chi connectivity index (χ1v) is 25.4. The van der Waals surface area contributed by atoms with E-state index in [4.69, 9.17) is 0 Å². The lowest BCUT2D eigenvalue weighted by molar-refractivity contribution is 1.22. The summed E-state index contributed by atoms with van der Waals surface area (Å²) in [6, 6.07) is 99.2. The fourth-order valence-electron chi connectivity index (χ4n) is 10.1. The van der Waals surface area contributed by atoms with Crippen LogP contribution < -0.4 is 14.7 Å². The molecule has 0 saturated carbocycles. The van der Waals surface area contributed by atoms with Gasteiger partial charge in [0.05, 0.1) is 17.1 Å². The van der Waals surface area contributed by atoms with Crippen LogP contribution in [0.4, 0.5) is 51.2 Å². The van der Waals surface area contributed by atoms with E-state index in [2.05, 4.69) is 302 Å². The highest BCUT2D eigenvalue weighted by atomic mass is 32.1. The van der Waals surface area contributed by atoms with Crippen LogP contribution in [0.1, 0.15) is 11.1 Å². The van der Waals surface area contributed by atoms with Crippen LogP contribution >= 0.6 is 11.3 Å². The number of hydrogen-bond donors (Lipinski definition) is 0. The molecule has 0 saturated heterocycles. The van der Waals surface area contributed by atoms with Gasteiger partial charge in [0.15, 0.2) is 0 Å². The van der Waals surface area contributed by atoms with Crippen LogP contribution in [0, 0.1) is 13.8 Å². The van der Waals surface area contributed by atoms with Crippen molar-refractivity contribution in [1.82, 2.24) is 0 Å². The highest BCUT2D eigenvalue weighted by Crippen LogP contribution is 2.47. The molecule has 0 amide bonds. The number of rotatable bonds is 12. The highest BCUT2D eigenvalue weighted by molar-refractivity contribution is 7.26. The topological polar surface area (TPSA) is 9.72 Å². The number of nitrogens with zero attached hydrogens (tertiary/aromatic N) is 3. The molecule has 0 fully saturated rings. The smallest absolute Gasteiger partial charge is 0.0503 e. The molecule has 0 aliphatic carbocycles. The Hall–Kier alpha value is -8.96. The van der Waals surface area contributed by atoms with Gasteiger partial charge in [0, 0.05) is 54.3 Å². The summed E-state index contributed by atoms with van der Waals surface area (Å²) in [5.74, 6) is 0. The molecular formula is C68H51N3S. The van der Waals surface area contributed by atoms with E-state index in [1.54, 1.807) is 0 Å². The normalized spacial score (nSPS) is 11.2. The van der Waals surface area contributed by atoms with Gasteiger partial charge in [-0.2, -0.15) is 0 Å². The van der Waals surface area contributed by atoms with Crippen LogP contribution in [-0.2, 0) is 0 Å². The molecule has 0 atom stereocenters. The standard InChI is InChI=1S/C68H51N3S/c1-48-17-14-19-53(43-48)50-31-37-58(38-32-50)69(55-21-6-3-7-22-55)61-45-62(70(56-23-8-4-9-24-56)59-39-33-51(34-40-59)54-20-15-18-49(2)44-54)47-63(46-61)71(57-25-10-5-11-26-57)60-41-35-52(36-42-60)64-28-16-29-66-65-27-12-13-30-67(65)72-68(64)66/h3-47H,1-2H3. The fraction of sp³-hybridized carbons (Fsp3) is 0.0294. The van der Waals surface area contributed by atoms with E-state index in [-0.39, 0.29) is 0 Å². The van der Waals surface area contributed by atoms with E-state index in [0.29, 0.717) is 0 Å². The van der Waals surface area contributed by atoms with Gasteiger partial charge >= 0.3 is 0 Å². The Morgan fingerprint density at radius 3 is 1.04 bits per heavy atom. The van der Waals surface area contributed by atoms with Crippen LogP contribution in [0.25, 0.3) is 53.6 Å². The molecule has 4 heteroatoms. The largest absolute Gasteiger partial charge is 0.310 e. The van der Waals surface area contributed by atoms with Crippen molar-refractivity contribution in [1.29, 1.82) is 0 Å². The SMILES string of the molecule is Cc1cccc(-c2ccc(N(c3ccccc3)c3cc(N(c4ccccc4)c4ccc(-c5cccc(C)c5)cc4)cc(N(c4ccccc4)c4ccc(-c5cccc6c5sc5ccccc56)cc4)c3)cc2)c1. The van der Waals surface area contributed by atoms with Gasteiger partial charge in [-0.3, -0.25) is 0 Å². The predicted octanol–water partition coefficient (Wildman–Crippen LogP) is 20.1. The molecule has 72 heavy (non-hydrogen) atoms. The molecule has 0 unspecified atom stereocenters. The molecule has 0 aliphatic rings. The Morgan fingerprint density at radius 1 is 0.250 bits per heavy atom. The Morgan fingerprint density at radius 2 is 0.611 bits per heavy atom. The summed E-state index contributed by atoms with van der Waals surface area (Å²) in [6.45, 7) is 4.30. The summed E-state index contributed by atoms with van der Waals surface area (Å²) in [7, 11) is 0. The highest BCUT2D eigenvalue weighted by Gasteiger charge is 2.23. The van der Waals surface area contributed by atoms with Crippen molar-refractivity contribution in [3.63, 3.8) is 0 Å². The van der Waals surface area contributed by atoms with Gasteiger partial charge in [0.2, 0.25) is 0 Å². The summed E-state index contributed by atoms with van der Waals surface area (Å²) in [6.07, 6.45) is 0. The Balaban J connectivity index is 1.05. The molecule has 0 radical (unpaired) electrons. The predicted molar refractivity (Wildman–Crippen MR) is 309 cm³/mol. The van der Waals surface area contributed by atoms with E-state index < -0.39 is 0 Å². The fourth-order valence-corrected chi connectivity index (χ4v) is 11.3. The number of fused-ring (bicyclic) bond motifs is 3. The minimum Gasteiger partial charge on any atom is -0.310 e. The van der Waals surface area contributed by atoms with Crippen LogP contribution in [0.3, 0.4) is 0 Å². The summed E-state index contributed by atoms with van der Waals surface area (Å²) in [5.41, 5.74) is 19.1. The van der Waals surface area contributed by atoms with Crippen molar-refractivity contribution in [3.05, 3.63) is 284 Å². The summed E-state index contributed by atoms with van der Waals surface area (Å²) < 4.78 is 2.62. The maximum Gasteiger partial charge on any atom is 0.0503 e. The van der Waals surface area contributed by atoms with E-state index in [0.717, 1.165) is 51.2 Å². The maximum absolute atomic E-state index is 2.39. The van der Waals surface area contributed by atoms with Crippen molar-refractivity contribution in [2.24, 2.45) is 0 Å². The average Bonchev–Trinajstić information content (AvgIpc) is 3.82. The molecule has 11 aromatic carbocycles. The third-order valence-corrected chi connectivity index (χ3v) is 14.7. The molecule has 1 aromatic heterocycles. The summed E-state index contributed by atoms with van der Waals surface area (Å²) >= 11 is 1.87. The third-order valence-electron chi connectivity index (χ3n) is 13.5. The molecule has 0 bridgehead atoms. The van der Waals surface area contributed by atoms with E-state index in [1.807, 2.05) is 11.3 Å². The van der Waals surface area contributed by atoms with Crippen molar-refractivity contribution < 1.29 is 0 Å². The Kier molecular flexibility index (Phi) is 12.0. The second-order valence-electron chi connectivity index (χ2n) is 18.4. The van der Waals surface area contributed by atoms with E-state index >= 15 is 0 Å². The van der Waals surface area contributed by atoms with Gasteiger partial charge in [-0.05, 0) is 144 Å². The van der Waals surface area contributed by atoms with Crippen LogP contribution in [0.2, 0.25) is 0 Å². The molecule has 0 spiro atoms. The second-order valence-corrected chi connectivity index (χ2v) is 19.4. The van der Waals surface area contributed by atoms with Crippen molar-refractivity contribution >= 4 is 82.7 Å². The van der Waals surface area contributed by atoms with Gasteiger partial charge in [-0.25, -0.2) is 0 Å². The molecule has 1 heterocycles. The Labute approximate surface area is 426 Å². The monoisotopic (exact) mass is 941 g/mol. The van der Waals surface area contributed by atoms with E-state index in [1.165, 1.54) is 64.7 Å². The average molecular weight is 942 g/mol. The van der Waals surface area contributed by atoms with Crippen LogP contribution in [0.15, 0.2) is 273 Å². The number of benzene rings is 11. The van der Waals surface area contributed by atoms with Gasteiger partial charge in [-0.1, -0.05) is 187 Å². The number of anilines is 9. The minimum atomic E-state index is 1.02. The maximum atomic E-state index is 2.39. The number of aryl methyl sites for hydroxylation is 2. The molecular weight excluding hydrogens is 891 g/mol. The van der Waals surface area contributed by atoms with Crippen LogP contribution in [-0.4, -0.2) is 0 Å². The second kappa shape index (κ2) is 19.4. The third kappa shape index (κ3) is 8.81. The lowest BCUT2D eigenvalue weighted by Crippen LogP contribution is -2.16. The lowest BCUT2D eigenvalue weighted by atomic mass is 10.0. The zero-order valence-electron chi connectivity index (χ0n) is 40.2. The van der Waals surface area contributed by atoms with Gasteiger partial charge in [-0.15, -0.1) is 11.3 Å². The van der Waals surface area contributed by atoms with E-state index in [9.17, 15) is 0 Å². The summed E-state index contributed by atoms with van der Waals surface area (Å²) in [4.78, 5) is 7.16. The first-order valence-electron chi connectivity index (χ1n) is 24.6. The molecule has 12 aromatic rings. The quantitative estimate of drug-likeness (QED) is 0.121. The van der Waals surface area contributed by atoms with Gasteiger partial charge in [0.25, 0.3) is 0 Å².